The van der Waals surface area contributed by atoms with Crippen LogP contribution in [0.25, 0.3) is 0 Å². The topological polar surface area (TPSA) is 26.3 Å². The lowest BCUT2D eigenvalue weighted by Gasteiger charge is -2.07. The van der Waals surface area contributed by atoms with Crippen molar-refractivity contribution in [3.63, 3.8) is 0 Å². The highest BCUT2D eigenvalue weighted by Gasteiger charge is 2.14. The van der Waals surface area contributed by atoms with Gasteiger partial charge in [-0.1, -0.05) is 22.0 Å². The Kier molecular flexibility index (Phi) is 4.49. The number of Topliss-reactive ketones (excluding diaryl/α,β-unsaturated/α-hetero) is 1. The first-order valence-electron chi connectivity index (χ1n) is 5.82. The van der Waals surface area contributed by atoms with E-state index in [1.165, 1.54) is 37.4 Å². The Labute approximate surface area is 123 Å². The second-order valence-electron chi connectivity index (χ2n) is 4.18. The molecule has 0 heterocycles. The highest BCUT2D eigenvalue weighted by Crippen LogP contribution is 2.22. The van der Waals surface area contributed by atoms with Gasteiger partial charge in [0, 0.05) is 17.0 Å². The summed E-state index contributed by atoms with van der Waals surface area (Å²) in [7, 11) is 1.42. The summed E-state index contributed by atoms with van der Waals surface area (Å²) in [4.78, 5) is 12.1. The van der Waals surface area contributed by atoms with E-state index in [0.717, 1.165) is 6.07 Å². The summed E-state index contributed by atoms with van der Waals surface area (Å²) in [5.41, 5.74) is 0.591. The van der Waals surface area contributed by atoms with Crippen LogP contribution in [0, 0.1) is 11.6 Å². The molecule has 2 rings (SSSR count). The molecule has 0 aliphatic carbocycles. The predicted molar refractivity (Wildman–Crippen MR) is 75.1 cm³/mol. The van der Waals surface area contributed by atoms with E-state index in [1.54, 1.807) is 0 Å². The van der Waals surface area contributed by atoms with Crippen molar-refractivity contribution in [2.75, 3.05) is 7.11 Å². The number of rotatable bonds is 4. The molecule has 2 aromatic carbocycles. The second-order valence-corrected chi connectivity index (χ2v) is 5.04. The monoisotopic (exact) mass is 340 g/mol. The van der Waals surface area contributed by atoms with Crippen molar-refractivity contribution in [1.82, 2.24) is 0 Å². The molecule has 0 radical (unpaired) electrons. The van der Waals surface area contributed by atoms with Gasteiger partial charge in [0.05, 0.1) is 12.7 Å². The summed E-state index contributed by atoms with van der Waals surface area (Å²) in [6, 6.07) is 8.10. The van der Waals surface area contributed by atoms with Gasteiger partial charge in [0.25, 0.3) is 0 Å². The van der Waals surface area contributed by atoms with Gasteiger partial charge in [-0.2, -0.15) is 0 Å². The number of benzene rings is 2. The van der Waals surface area contributed by atoms with Gasteiger partial charge >= 0.3 is 0 Å². The number of ketones is 1. The van der Waals surface area contributed by atoms with Crippen molar-refractivity contribution in [2.24, 2.45) is 0 Å². The van der Waals surface area contributed by atoms with E-state index in [2.05, 4.69) is 15.9 Å². The maximum atomic E-state index is 13.8. The fourth-order valence-corrected chi connectivity index (χ4v) is 2.27. The van der Waals surface area contributed by atoms with Gasteiger partial charge in [0.15, 0.2) is 5.78 Å². The van der Waals surface area contributed by atoms with Crippen LogP contribution in [0.3, 0.4) is 0 Å². The quantitative estimate of drug-likeness (QED) is 0.781. The van der Waals surface area contributed by atoms with E-state index in [-0.39, 0.29) is 17.8 Å². The summed E-state index contributed by atoms with van der Waals surface area (Å²) in [5, 5.41) is 0. The first-order chi connectivity index (χ1) is 9.51. The lowest BCUT2D eigenvalue weighted by Crippen LogP contribution is -2.07. The molecule has 0 fully saturated rings. The molecule has 0 aliphatic heterocycles. The minimum Gasteiger partial charge on any atom is -0.497 e. The van der Waals surface area contributed by atoms with Crippen LogP contribution >= 0.6 is 15.9 Å². The molecule has 0 saturated heterocycles. The normalized spacial score (nSPS) is 10.4. The zero-order chi connectivity index (χ0) is 14.7. The highest BCUT2D eigenvalue weighted by molar-refractivity contribution is 9.10. The van der Waals surface area contributed by atoms with Crippen molar-refractivity contribution in [3.8, 4) is 5.75 Å². The fraction of sp³-hybridized carbons (Fsp3) is 0.133. The number of methoxy groups -OCH3 is 1. The molecule has 2 nitrogen and oxygen atoms in total. The van der Waals surface area contributed by atoms with E-state index in [1.807, 2.05) is 0 Å². The second kappa shape index (κ2) is 6.13. The zero-order valence-corrected chi connectivity index (χ0v) is 12.2. The van der Waals surface area contributed by atoms with Gasteiger partial charge in [0.1, 0.15) is 17.4 Å². The minimum absolute atomic E-state index is 0.00981. The molecular formula is C15H11BrF2O2. The zero-order valence-electron chi connectivity index (χ0n) is 10.6. The molecule has 0 aromatic heterocycles. The number of carbonyl (C=O) groups is 1. The van der Waals surface area contributed by atoms with E-state index < -0.39 is 11.6 Å². The van der Waals surface area contributed by atoms with Gasteiger partial charge in [-0.05, 0) is 29.8 Å². The average molecular weight is 341 g/mol. The van der Waals surface area contributed by atoms with Crippen molar-refractivity contribution >= 4 is 21.7 Å². The molecule has 0 amide bonds. The molecule has 0 N–H and O–H groups in total. The van der Waals surface area contributed by atoms with E-state index in [9.17, 15) is 13.6 Å². The van der Waals surface area contributed by atoms with Gasteiger partial charge < -0.3 is 4.74 Å². The van der Waals surface area contributed by atoms with Crippen molar-refractivity contribution in [3.05, 3.63) is 63.6 Å². The third-order valence-electron chi connectivity index (χ3n) is 2.84. The first-order valence-corrected chi connectivity index (χ1v) is 6.61. The maximum Gasteiger partial charge on any atom is 0.170 e. The summed E-state index contributed by atoms with van der Waals surface area (Å²) >= 11 is 3.18. The molecule has 2 aromatic rings. The van der Waals surface area contributed by atoms with Crippen molar-refractivity contribution < 1.29 is 18.3 Å². The summed E-state index contributed by atoms with van der Waals surface area (Å²) in [6.45, 7) is 0. The highest BCUT2D eigenvalue weighted by atomic mass is 79.9. The molecule has 104 valence electrons. The van der Waals surface area contributed by atoms with Crippen LogP contribution in [0.2, 0.25) is 0 Å². The van der Waals surface area contributed by atoms with Crippen molar-refractivity contribution in [2.45, 2.75) is 6.42 Å². The summed E-state index contributed by atoms with van der Waals surface area (Å²) in [6.07, 6.45) is -0.00981. The SMILES string of the molecule is COc1ccc(C(=O)Cc2ccc(F)cc2Br)c(F)c1. The predicted octanol–water partition coefficient (Wildman–Crippen LogP) is 4.16. The fourth-order valence-electron chi connectivity index (χ4n) is 1.78. The molecule has 0 spiro atoms. The van der Waals surface area contributed by atoms with E-state index >= 15 is 0 Å². The number of halogens is 3. The standard InChI is InChI=1S/C15H11BrF2O2/c1-20-11-4-5-12(14(18)8-11)15(19)6-9-2-3-10(17)7-13(9)16/h2-5,7-8H,6H2,1H3. The van der Waals surface area contributed by atoms with E-state index in [4.69, 9.17) is 4.74 Å². The Morgan fingerprint density at radius 3 is 2.55 bits per heavy atom. The van der Waals surface area contributed by atoms with Crippen LogP contribution in [0.1, 0.15) is 15.9 Å². The van der Waals surface area contributed by atoms with Crippen LogP contribution in [-0.4, -0.2) is 12.9 Å². The van der Waals surface area contributed by atoms with Gasteiger partial charge in [-0.15, -0.1) is 0 Å². The summed E-state index contributed by atoms with van der Waals surface area (Å²) in [5.74, 6) is -1.06. The van der Waals surface area contributed by atoms with Crippen LogP contribution in [-0.2, 0) is 6.42 Å². The Morgan fingerprint density at radius 1 is 1.20 bits per heavy atom. The molecule has 0 aliphatic rings. The molecule has 0 bridgehead atoms. The van der Waals surface area contributed by atoms with Crippen LogP contribution < -0.4 is 4.74 Å². The van der Waals surface area contributed by atoms with Crippen molar-refractivity contribution in [1.29, 1.82) is 0 Å². The van der Waals surface area contributed by atoms with Gasteiger partial charge in [0.2, 0.25) is 0 Å². The Morgan fingerprint density at radius 2 is 1.95 bits per heavy atom. The molecule has 0 unspecified atom stereocenters. The molecule has 20 heavy (non-hydrogen) atoms. The Balaban J connectivity index is 2.24. The Bertz CT molecular complexity index is 656. The number of hydrogen-bond donors (Lipinski definition) is 0. The van der Waals surface area contributed by atoms with Gasteiger partial charge in [-0.3, -0.25) is 4.79 Å². The molecule has 0 saturated carbocycles. The van der Waals surface area contributed by atoms with Crippen LogP contribution in [0.15, 0.2) is 40.9 Å². The van der Waals surface area contributed by atoms with E-state index in [0.29, 0.717) is 15.8 Å². The third-order valence-corrected chi connectivity index (χ3v) is 3.58. The smallest absolute Gasteiger partial charge is 0.170 e. The molecule has 0 atom stereocenters. The lowest BCUT2D eigenvalue weighted by molar-refractivity contribution is 0.0989. The molecule has 5 heteroatoms. The van der Waals surface area contributed by atoms with Crippen LogP contribution in [0.4, 0.5) is 8.78 Å². The number of carbonyl (C=O) groups excluding carboxylic acids is 1. The Hall–Kier alpha value is -1.75. The van der Waals surface area contributed by atoms with Crippen LogP contribution in [0.5, 0.6) is 5.75 Å². The lowest BCUT2D eigenvalue weighted by atomic mass is 10.0. The largest absolute Gasteiger partial charge is 0.497 e. The first kappa shape index (κ1) is 14.7. The minimum atomic E-state index is -0.632. The number of hydrogen-bond acceptors (Lipinski definition) is 2. The molecular weight excluding hydrogens is 330 g/mol. The average Bonchev–Trinajstić information content (AvgIpc) is 2.41. The maximum absolute atomic E-state index is 13.8. The number of ether oxygens (including phenoxy) is 1. The van der Waals surface area contributed by atoms with Gasteiger partial charge in [-0.25, -0.2) is 8.78 Å². The summed E-state index contributed by atoms with van der Waals surface area (Å²) < 4.78 is 32.1. The third kappa shape index (κ3) is 3.22.